The zero-order valence-electron chi connectivity index (χ0n) is 19.1. The van der Waals surface area contributed by atoms with Crippen LogP contribution in [0.2, 0.25) is 10.0 Å². The van der Waals surface area contributed by atoms with Crippen LogP contribution in [-0.4, -0.2) is 35.2 Å². The second-order valence-electron chi connectivity index (χ2n) is 8.66. The standard InChI is InChI=1S/C24H19Cl2F2N7O/c1-12-22-23(21(31-35(22)6-5-29-12)13-9-15(25)20(28)16(26)10-13)34-8-7-33(24(34)36)18-4-3-17-14(19(18)27)11-30-32(17)2/h3-4,7-12,29H,5-6H2,1-2H3/t12-/m1/s1. The third kappa shape index (κ3) is 3.32. The molecule has 0 radical (unpaired) electrons. The number of nitrogens with zero attached hydrogens (tertiary/aromatic N) is 6. The Morgan fingerprint density at radius 3 is 2.56 bits per heavy atom. The summed E-state index contributed by atoms with van der Waals surface area (Å²) in [6.07, 6.45) is 4.49. The largest absolute Gasteiger partial charge is 0.337 e. The van der Waals surface area contributed by atoms with Crippen LogP contribution in [0.4, 0.5) is 8.78 Å². The minimum atomic E-state index is -0.729. The van der Waals surface area contributed by atoms with E-state index < -0.39 is 17.3 Å². The van der Waals surface area contributed by atoms with Gasteiger partial charge < -0.3 is 5.32 Å². The number of aryl methyl sites for hydroxylation is 1. The predicted molar refractivity (Wildman–Crippen MR) is 133 cm³/mol. The lowest BCUT2D eigenvalue weighted by molar-refractivity contribution is 0.419. The molecule has 0 saturated carbocycles. The Bertz CT molecular complexity index is 1710. The smallest absolute Gasteiger partial charge is 0.307 e. The zero-order valence-corrected chi connectivity index (χ0v) is 20.6. The number of fused-ring (bicyclic) bond motifs is 2. The average Bonchev–Trinajstić information content (AvgIpc) is 3.53. The van der Waals surface area contributed by atoms with Crippen LogP contribution >= 0.6 is 23.2 Å². The topological polar surface area (TPSA) is 74.6 Å². The SMILES string of the molecule is C[C@H]1NCCn2nc(-c3cc(Cl)c(F)c(Cl)c3)c(-n3ccn(-c4ccc5c(cnn5C)c4F)c3=O)c21. The van der Waals surface area contributed by atoms with Gasteiger partial charge in [0.05, 0.1) is 45.1 Å². The normalized spacial score (nSPS) is 15.6. The van der Waals surface area contributed by atoms with E-state index in [0.29, 0.717) is 40.9 Å². The van der Waals surface area contributed by atoms with E-state index in [-0.39, 0.29) is 21.8 Å². The number of benzene rings is 2. The third-order valence-electron chi connectivity index (χ3n) is 6.53. The molecule has 1 aliphatic heterocycles. The fourth-order valence-corrected chi connectivity index (χ4v) is 5.26. The third-order valence-corrected chi connectivity index (χ3v) is 7.08. The molecule has 4 heterocycles. The molecule has 0 spiro atoms. The van der Waals surface area contributed by atoms with E-state index >= 15 is 4.39 Å². The summed E-state index contributed by atoms with van der Waals surface area (Å²) >= 11 is 12.2. The maximum atomic E-state index is 15.4. The van der Waals surface area contributed by atoms with E-state index in [1.807, 2.05) is 11.6 Å². The molecule has 8 nitrogen and oxygen atoms in total. The van der Waals surface area contributed by atoms with Crippen molar-refractivity contribution < 1.29 is 8.78 Å². The van der Waals surface area contributed by atoms with E-state index in [9.17, 15) is 9.18 Å². The average molecular weight is 530 g/mol. The number of aromatic nitrogens is 6. The van der Waals surface area contributed by atoms with Crippen molar-refractivity contribution in [2.75, 3.05) is 6.54 Å². The van der Waals surface area contributed by atoms with Gasteiger partial charge in [-0.15, -0.1) is 0 Å². The van der Waals surface area contributed by atoms with Gasteiger partial charge in [-0.25, -0.2) is 13.6 Å². The highest BCUT2D eigenvalue weighted by Crippen LogP contribution is 2.37. The number of hydrogen-bond donors (Lipinski definition) is 1. The molecule has 6 rings (SSSR count). The van der Waals surface area contributed by atoms with Crippen molar-refractivity contribution in [2.24, 2.45) is 7.05 Å². The number of halogens is 4. The molecule has 3 aromatic heterocycles. The van der Waals surface area contributed by atoms with Gasteiger partial charge in [0.15, 0.2) is 11.6 Å². The van der Waals surface area contributed by atoms with Gasteiger partial charge in [-0.05, 0) is 31.2 Å². The van der Waals surface area contributed by atoms with Crippen molar-refractivity contribution in [3.05, 3.63) is 80.7 Å². The summed E-state index contributed by atoms with van der Waals surface area (Å²) in [5, 5.41) is 12.2. The van der Waals surface area contributed by atoms with Crippen molar-refractivity contribution in [1.82, 2.24) is 34.0 Å². The summed E-state index contributed by atoms with van der Waals surface area (Å²) in [4.78, 5) is 13.7. The van der Waals surface area contributed by atoms with Gasteiger partial charge in [0.25, 0.3) is 0 Å². The van der Waals surface area contributed by atoms with Crippen LogP contribution in [0.15, 0.2) is 47.7 Å². The summed E-state index contributed by atoms with van der Waals surface area (Å²) < 4.78 is 35.6. The van der Waals surface area contributed by atoms with E-state index in [1.54, 1.807) is 30.1 Å². The highest BCUT2D eigenvalue weighted by molar-refractivity contribution is 6.35. The van der Waals surface area contributed by atoms with Gasteiger partial charge in [0, 0.05) is 37.6 Å². The summed E-state index contributed by atoms with van der Waals surface area (Å²) in [6, 6.07) is 5.98. The van der Waals surface area contributed by atoms with Gasteiger partial charge in [0.1, 0.15) is 11.4 Å². The Morgan fingerprint density at radius 2 is 1.81 bits per heavy atom. The van der Waals surface area contributed by atoms with Crippen LogP contribution < -0.4 is 11.0 Å². The van der Waals surface area contributed by atoms with Gasteiger partial charge in [-0.1, -0.05) is 23.2 Å². The Labute approximate surface area is 213 Å². The van der Waals surface area contributed by atoms with Crippen molar-refractivity contribution in [2.45, 2.75) is 19.5 Å². The molecule has 1 aliphatic rings. The van der Waals surface area contributed by atoms with Crippen LogP contribution in [0.1, 0.15) is 18.7 Å². The van der Waals surface area contributed by atoms with Crippen LogP contribution in [-0.2, 0) is 13.6 Å². The Balaban J connectivity index is 1.59. The van der Waals surface area contributed by atoms with Crippen LogP contribution in [0, 0.1) is 11.6 Å². The highest BCUT2D eigenvalue weighted by Gasteiger charge is 2.29. The van der Waals surface area contributed by atoms with Crippen LogP contribution in [0.5, 0.6) is 0 Å². The van der Waals surface area contributed by atoms with Crippen molar-refractivity contribution >= 4 is 34.1 Å². The summed E-state index contributed by atoms with van der Waals surface area (Å²) in [5.74, 6) is -1.28. The van der Waals surface area contributed by atoms with Gasteiger partial charge in [-0.2, -0.15) is 10.2 Å². The molecule has 5 aromatic rings. The first kappa shape index (κ1) is 23.0. The van der Waals surface area contributed by atoms with E-state index in [2.05, 4.69) is 10.4 Å². The molecule has 0 unspecified atom stereocenters. The van der Waals surface area contributed by atoms with Crippen molar-refractivity contribution in [3.8, 4) is 22.6 Å². The van der Waals surface area contributed by atoms with Gasteiger partial charge >= 0.3 is 5.69 Å². The summed E-state index contributed by atoms with van der Waals surface area (Å²) in [5.41, 5.74) is 2.33. The van der Waals surface area contributed by atoms with E-state index in [4.69, 9.17) is 28.3 Å². The molecule has 0 amide bonds. The highest BCUT2D eigenvalue weighted by atomic mass is 35.5. The first-order valence-electron chi connectivity index (χ1n) is 11.2. The second-order valence-corrected chi connectivity index (χ2v) is 9.47. The lowest BCUT2D eigenvalue weighted by Crippen LogP contribution is -2.33. The molecule has 0 bridgehead atoms. The quantitative estimate of drug-likeness (QED) is 0.346. The molecule has 1 atom stereocenters. The first-order chi connectivity index (χ1) is 17.3. The Morgan fingerprint density at radius 1 is 1.08 bits per heavy atom. The minimum absolute atomic E-state index is 0.0980. The lowest BCUT2D eigenvalue weighted by Gasteiger charge is -2.23. The number of hydrogen-bond acceptors (Lipinski definition) is 4. The number of imidazole rings is 1. The molecule has 184 valence electrons. The van der Waals surface area contributed by atoms with E-state index in [0.717, 1.165) is 5.69 Å². The van der Waals surface area contributed by atoms with Gasteiger partial charge in [0.2, 0.25) is 0 Å². The Kier molecular flexibility index (Phi) is 5.29. The maximum Gasteiger partial charge on any atom is 0.337 e. The summed E-state index contributed by atoms with van der Waals surface area (Å²) in [7, 11) is 1.72. The fourth-order valence-electron chi connectivity index (χ4n) is 4.77. The first-order valence-corrected chi connectivity index (χ1v) is 11.9. The molecule has 0 aliphatic carbocycles. The lowest BCUT2D eigenvalue weighted by atomic mass is 10.1. The monoisotopic (exact) mass is 529 g/mol. The molecular formula is C24H19Cl2F2N7O. The molecule has 12 heteroatoms. The van der Waals surface area contributed by atoms with Crippen LogP contribution in [0.25, 0.3) is 33.5 Å². The predicted octanol–water partition coefficient (Wildman–Crippen LogP) is 4.63. The van der Waals surface area contributed by atoms with E-state index in [1.165, 1.54) is 33.7 Å². The Hall–Kier alpha value is -3.47. The minimum Gasteiger partial charge on any atom is -0.307 e. The maximum absolute atomic E-state index is 15.4. The molecule has 0 saturated heterocycles. The number of rotatable bonds is 3. The van der Waals surface area contributed by atoms with Gasteiger partial charge in [-0.3, -0.25) is 18.5 Å². The van der Waals surface area contributed by atoms with Crippen LogP contribution in [0.3, 0.4) is 0 Å². The zero-order chi connectivity index (χ0) is 25.3. The second kappa shape index (κ2) is 8.29. The fraction of sp³-hybridized carbons (Fsp3) is 0.208. The molecule has 36 heavy (non-hydrogen) atoms. The van der Waals surface area contributed by atoms with Crippen molar-refractivity contribution in [3.63, 3.8) is 0 Å². The van der Waals surface area contributed by atoms with Crippen molar-refractivity contribution in [1.29, 1.82) is 0 Å². The molecular weight excluding hydrogens is 511 g/mol. The molecule has 1 N–H and O–H groups in total. The molecule has 2 aromatic carbocycles. The molecule has 0 fully saturated rings. The summed E-state index contributed by atoms with van der Waals surface area (Å²) in [6.45, 7) is 3.21. The number of nitrogens with one attached hydrogen (secondary N) is 1.